The Morgan fingerprint density at radius 3 is 2.61 bits per heavy atom. The Hall–Kier alpha value is -2.96. The molecule has 0 aliphatic heterocycles. The van der Waals surface area contributed by atoms with Gasteiger partial charge in [-0.25, -0.2) is 15.0 Å². The standard InChI is InChI=1S/C21H27N5O2/c1-5-7-8-9-16-13(3)22-21(25-19(16)27)26-20-23-14(4)17-12-15(28-6-2)10-11-18(17)24-20/h10-12H,5-9H2,1-4H3,(H2,22,23,24,25,26,27). The fourth-order valence-corrected chi connectivity index (χ4v) is 3.19. The van der Waals surface area contributed by atoms with Gasteiger partial charge < -0.3 is 4.74 Å². The molecule has 7 nitrogen and oxygen atoms in total. The van der Waals surface area contributed by atoms with Crippen molar-refractivity contribution in [1.82, 2.24) is 19.9 Å². The third-order valence-corrected chi connectivity index (χ3v) is 4.65. The number of rotatable bonds is 8. The minimum atomic E-state index is -0.107. The molecule has 2 N–H and O–H groups in total. The number of ether oxygens (including phenoxy) is 1. The van der Waals surface area contributed by atoms with Crippen LogP contribution in [-0.2, 0) is 6.42 Å². The molecule has 0 saturated heterocycles. The predicted octanol–water partition coefficient (Wildman–Crippen LogP) is 4.20. The summed E-state index contributed by atoms with van der Waals surface area (Å²) < 4.78 is 5.55. The van der Waals surface area contributed by atoms with E-state index in [0.717, 1.165) is 59.3 Å². The van der Waals surface area contributed by atoms with Crippen LogP contribution in [0.15, 0.2) is 23.0 Å². The molecule has 2 heterocycles. The molecule has 0 amide bonds. The average molecular weight is 381 g/mol. The summed E-state index contributed by atoms with van der Waals surface area (Å²) in [5, 5.41) is 3.96. The SMILES string of the molecule is CCCCCc1c(C)nc(Nc2nc(C)c3cc(OCC)ccc3n2)[nH]c1=O. The maximum Gasteiger partial charge on any atom is 0.255 e. The molecular weight excluding hydrogens is 354 g/mol. The minimum Gasteiger partial charge on any atom is -0.494 e. The molecule has 0 aliphatic carbocycles. The number of aryl methyl sites for hydroxylation is 2. The summed E-state index contributed by atoms with van der Waals surface area (Å²) in [5.74, 6) is 1.55. The first kappa shape index (κ1) is 19.8. The van der Waals surface area contributed by atoms with Crippen molar-refractivity contribution in [2.24, 2.45) is 0 Å². The van der Waals surface area contributed by atoms with Crippen molar-refractivity contribution < 1.29 is 4.74 Å². The maximum absolute atomic E-state index is 12.4. The number of benzene rings is 1. The van der Waals surface area contributed by atoms with Crippen LogP contribution in [0.3, 0.4) is 0 Å². The third-order valence-electron chi connectivity index (χ3n) is 4.65. The number of nitrogens with zero attached hydrogens (tertiary/aromatic N) is 3. The molecule has 0 bridgehead atoms. The van der Waals surface area contributed by atoms with Crippen LogP contribution in [0.4, 0.5) is 11.9 Å². The third kappa shape index (κ3) is 4.47. The molecule has 0 radical (unpaired) electrons. The van der Waals surface area contributed by atoms with Gasteiger partial charge in [-0.15, -0.1) is 0 Å². The van der Waals surface area contributed by atoms with E-state index in [0.29, 0.717) is 18.5 Å². The molecule has 0 spiro atoms. The van der Waals surface area contributed by atoms with Crippen LogP contribution in [0, 0.1) is 13.8 Å². The van der Waals surface area contributed by atoms with E-state index in [4.69, 9.17) is 4.74 Å². The van der Waals surface area contributed by atoms with Gasteiger partial charge in [0.2, 0.25) is 11.9 Å². The van der Waals surface area contributed by atoms with Gasteiger partial charge >= 0.3 is 0 Å². The van der Waals surface area contributed by atoms with Crippen molar-refractivity contribution in [2.75, 3.05) is 11.9 Å². The van der Waals surface area contributed by atoms with Crippen LogP contribution >= 0.6 is 0 Å². The predicted molar refractivity (Wildman–Crippen MR) is 112 cm³/mol. The average Bonchev–Trinajstić information content (AvgIpc) is 2.65. The Bertz CT molecular complexity index is 1030. The lowest BCUT2D eigenvalue weighted by atomic mass is 10.1. The van der Waals surface area contributed by atoms with E-state index in [1.54, 1.807) is 0 Å². The summed E-state index contributed by atoms with van der Waals surface area (Å²) in [5.41, 5.74) is 3.00. The number of nitrogens with one attached hydrogen (secondary N) is 2. The first-order valence-electron chi connectivity index (χ1n) is 9.79. The van der Waals surface area contributed by atoms with Crippen molar-refractivity contribution in [3.63, 3.8) is 0 Å². The summed E-state index contributed by atoms with van der Waals surface area (Å²) in [7, 11) is 0. The first-order valence-corrected chi connectivity index (χ1v) is 9.79. The van der Waals surface area contributed by atoms with Crippen LogP contribution < -0.4 is 15.6 Å². The number of H-pyrrole nitrogens is 1. The molecule has 1 aromatic carbocycles. The highest BCUT2D eigenvalue weighted by molar-refractivity contribution is 5.83. The van der Waals surface area contributed by atoms with Crippen molar-refractivity contribution in [3.8, 4) is 5.75 Å². The van der Waals surface area contributed by atoms with Gasteiger partial charge in [-0.3, -0.25) is 15.1 Å². The molecule has 148 valence electrons. The van der Waals surface area contributed by atoms with E-state index in [2.05, 4.69) is 32.2 Å². The van der Waals surface area contributed by atoms with Crippen molar-refractivity contribution in [1.29, 1.82) is 0 Å². The Morgan fingerprint density at radius 1 is 1.07 bits per heavy atom. The normalized spacial score (nSPS) is 11.0. The Morgan fingerprint density at radius 2 is 1.89 bits per heavy atom. The largest absolute Gasteiger partial charge is 0.494 e. The second-order valence-corrected chi connectivity index (χ2v) is 6.81. The molecule has 3 rings (SSSR count). The van der Waals surface area contributed by atoms with Gasteiger partial charge in [0.1, 0.15) is 5.75 Å². The highest BCUT2D eigenvalue weighted by atomic mass is 16.5. The topological polar surface area (TPSA) is 92.8 Å². The van der Waals surface area contributed by atoms with Crippen LogP contribution in [0.25, 0.3) is 10.9 Å². The van der Waals surface area contributed by atoms with E-state index in [1.165, 1.54) is 0 Å². The van der Waals surface area contributed by atoms with Gasteiger partial charge in [-0.1, -0.05) is 19.8 Å². The molecular formula is C21H27N5O2. The molecule has 0 atom stereocenters. The maximum atomic E-state index is 12.4. The van der Waals surface area contributed by atoms with E-state index >= 15 is 0 Å². The summed E-state index contributed by atoms with van der Waals surface area (Å²) in [6.07, 6.45) is 3.96. The Balaban J connectivity index is 1.86. The molecule has 0 unspecified atom stereocenters. The van der Waals surface area contributed by atoms with E-state index in [1.807, 2.05) is 39.0 Å². The van der Waals surface area contributed by atoms with Gasteiger partial charge in [-0.2, -0.15) is 0 Å². The van der Waals surface area contributed by atoms with E-state index < -0.39 is 0 Å². The smallest absolute Gasteiger partial charge is 0.255 e. The van der Waals surface area contributed by atoms with Crippen molar-refractivity contribution in [3.05, 3.63) is 45.5 Å². The number of hydrogen-bond acceptors (Lipinski definition) is 6. The lowest BCUT2D eigenvalue weighted by molar-refractivity contribution is 0.340. The van der Waals surface area contributed by atoms with Crippen LogP contribution in [-0.4, -0.2) is 26.5 Å². The molecule has 2 aromatic heterocycles. The summed E-state index contributed by atoms with van der Waals surface area (Å²) in [4.78, 5) is 28.8. The fourth-order valence-electron chi connectivity index (χ4n) is 3.19. The van der Waals surface area contributed by atoms with Gasteiger partial charge in [0, 0.05) is 16.6 Å². The second-order valence-electron chi connectivity index (χ2n) is 6.81. The lowest BCUT2D eigenvalue weighted by Gasteiger charge is -2.10. The zero-order chi connectivity index (χ0) is 20.1. The lowest BCUT2D eigenvalue weighted by Crippen LogP contribution is -2.18. The van der Waals surface area contributed by atoms with Crippen LogP contribution in [0.1, 0.15) is 50.1 Å². The van der Waals surface area contributed by atoms with Gasteiger partial charge in [0.05, 0.1) is 17.8 Å². The molecule has 7 heteroatoms. The van der Waals surface area contributed by atoms with Crippen molar-refractivity contribution in [2.45, 2.75) is 53.4 Å². The quantitative estimate of drug-likeness (QED) is 0.568. The highest BCUT2D eigenvalue weighted by Crippen LogP contribution is 2.23. The molecule has 0 aliphatic rings. The molecule has 0 saturated carbocycles. The molecule has 3 aromatic rings. The van der Waals surface area contributed by atoms with Gasteiger partial charge in [0.25, 0.3) is 5.56 Å². The number of aromatic nitrogens is 4. The molecule has 28 heavy (non-hydrogen) atoms. The van der Waals surface area contributed by atoms with E-state index in [9.17, 15) is 4.79 Å². The Kier molecular flexibility index (Phi) is 6.23. The second kappa shape index (κ2) is 8.82. The Labute approximate surface area is 164 Å². The summed E-state index contributed by atoms with van der Waals surface area (Å²) in [6.45, 7) is 8.49. The number of aromatic amines is 1. The number of fused-ring (bicyclic) bond motifs is 1. The fraction of sp³-hybridized carbons (Fsp3) is 0.429. The summed E-state index contributed by atoms with van der Waals surface area (Å²) in [6, 6.07) is 5.73. The van der Waals surface area contributed by atoms with E-state index in [-0.39, 0.29) is 5.56 Å². The minimum absolute atomic E-state index is 0.107. The number of hydrogen-bond donors (Lipinski definition) is 2. The van der Waals surface area contributed by atoms with Crippen LogP contribution in [0.5, 0.6) is 5.75 Å². The van der Waals surface area contributed by atoms with Crippen LogP contribution in [0.2, 0.25) is 0 Å². The number of anilines is 2. The number of unbranched alkanes of at least 4 members (excludes halogenated alkanes) is 2. The zero-order valence-electron chi connectivity index (χ0n) is 16.9. The van der Waals surface area contributed by atoms with Crippen molar-refractivity contribution >= 4 is 22.8 Å². The highest BCUT2D eigenvalue weighted by Gasteiger charge is 2.11. The first-order chi connectivity index (χ1) is 13.5. The monoisotopic (exact) mass is 381 g/mol. The van der Waals surface area contributed by atoms with Gasteiger partial charge in [0.15, 0.2) is 0 Å². The zero-order valence-corrected chi connectivity index (χ0v) is 16.9. The summed E-state index contributed by atoms with van der Waals surface area (Å²) >= 11 is 0. The van der Waals surface area contributed by atoms with Gasteiger partial charge in [-0.05, 0) is 51.8 Å². The molecule has 0 fully saturated rings.